The number of hydrogen-bond acceptors (Lipinski definition) is 5. The lowest BCUT2D eigenvalue weighted by Crippen LogP contribution is -2.39. The molecule has 2 fully saturated rings. The van der Waals surface area contributed by atoms with E-state index < -0.39 is 0 Å². The molecule has 38 heavy (non-hydrogen) atoms. The van der Waals surface area contributed by atoms with Crippen LogP contribution < -0.4 is 9.80 Å². The van der Waals surface area contributed by atoms with E-state index in [1.54, 1.807) is 0 Å². The molecule has 8 heteroatoms. The number of piperidine rings is 1. The van der Waals surface area contributed by atoms with Crippen molar-refractivity contribution in [1.82, 2.24) is 19.5 Å². The van der Waals surface area contributed by atoms with E-state index in [9.17, 15) is 4.79 Å². The zero-order chi connectivity index (χ0) is 26.2. The topological polar surface area (TPSA) is 57.0 Å². The summed E-state index contributed by atoms with van der Waals surface area (Å²) in [5, 5.41) is 5.82. The second kappa shape index (κ2) is 10.8. The molecule has 2 aromatic heterocycles. The van der Waals surface area contributed by atoms with Crippen molar-refractivity contribution in [3.63, 3.8) is 0 Å². The molecule has 1 aromatic carbocycles. The molecule has 1 unspecified atom stereocenters. The summed E-state index contributed by atoms with van der Waals surface area (Å²) in [4.78, 5) is 26.2. The maximum Gasteiger partial charge on any atom is 0.254 e. The van der Waals surface area contributed by atoms with Crippen molar-refractivity contribution in [3.05, 3.63) is 51.7 Å². The van der Waals surface area contributed by atoms with Gasteiger partial charge in [-0.3, -0.25) is 4.79 Å². The number of carbonyl (C=O) groups excluding carboxylic acids is 1. The quantitative estimate of drug-likeness (QED) is 0.391. The highest BCUT2D eigenvalue weighted by Gasteiger charge is 2.33. The number of aromatic nitrogens is 3. The average molecular weight is 535 g/mol. The van der Waals surface area contributed by atoms with Crippen molar-refractivity contribution in [1.29, 1.82) is 0 Å². The molecule has 202 valence electrons. The van der Waals surface area contributed by atoms with Crippen molar-refractivity contribution in [2.45, 2.75) is 77.7 Å². The number of aryl methyl sites for hydroxylation is 1. The van der Waals surface area contributed by atoms with Crippen LogP contribution in [0.1, 0.15) is 91.5 Å². The Morgan fingerprint density at radius 2 is 1.76 bits per heavy atom. The zero-order valence-corrected chi connectivity index (χ0v) is 23.5. The number of anilines is 2. The Bertz CT molecular complexity index is 1330. The van der Waals surface area contributed by atoms with Crippen LogP contribution in [0, 0.1) is 6.92 Å². The zero-order valence-electron chi connectivity index (χ0n) is 22.8. The van der Waals surface area contributed by atoms with Crippen LogP contribution >= 0.6 is 11.6 Å². The number of amides is 1. The number of fused-ring (bicyclic) bond motifs is 4. The highest BCUT2D eigenvalue weighted by atomic mass is 35.5. The third-order valence-electron chi connectivity index (χ3n) is 8.67. The molecule has 0 spiro atoms. The van der Waals surface area contributed by atoms with Crippen molar-refractivity contribution in [2.75, 3.05) is 42.5 Å². The molecule has 0 saturated carbocycles. The Labute approximate surface area is 230 Å². The summed E-state index contributed by atoms with van der Waals surface area (Å²) in [6.45, 7) is 9.21. The maximum absolute atomic E-state index is 14.1. The fourth-order valence-electron chi connectivity index (χ4n) is 6.66. The van der Waals surface area contributed by atoms with E-state index in [4.69, 9.17) is 21.7 Å². The van der Waals surface area contributed by atoms with Crippen molar-refractivity contribution < 1.29 is 4.79 Å². The van der Waals surface area contributed by atoms with Crippen LogP contribution in [0.5, 0.6) is 0 Å². The Kier molecular flexibility index (Phi) is 7.21. The van der Waals surface area contributed by atoms with E-state index in [0.717, 1.165) is 112 Å². The molecular formula is C30H39ClN6O. The molecule has 3 aliphatic rings. The molecule has 3 aliphatic heterocycles. The van der Waals surface area contributed by atoms with Crippen LogP contribution in [0.15, 0.2) is 24.3 Å². The lowest BCUT2D eigenvalue weighted by molar-refractivity contribution is 0.0604. The number of hydrogen-bond donors (Lipinski definition) is 0. The van der Waals surface area contributed by atoms with Gasteiger partial charge in [-0.1, -0.05) is 24.1 Å². The summed E-state index contributed by atoms with van der Waals surface area (Å²) < 4.78 is 2.06. The summed E-state index contributed by atoms with van der Waals surface area (Å²) >= 11 is 6.41. The second-order valence-electron chi connectivity index (χ2n) is 11.1. The van der Waals surface area contributed by atoms with Gasteiger partial charge < -0.3 is 14.7 Å². The van der Waals surface area contributed by atoms with Crippen LogP contribution in [0.3, 0.4) is 0 Å². The van der Waals surface area contributed by atoms with Crippen LogP contribution in [0.2, 0.25) is 5.02 Å². The van der Waals surface area contributed by atoms with Gasteiger partial charge >= 0.3 is 0 Å². The van der Waals surface area contributed by atoms with Crippen LogP contribution in [0.4, 0.5) is 11.6 Å². The van der Waals surface area contributed by atoms with Gasteiger partial charge in [-0.2, -0.15) is 9.61 Å². The minimum atomic E-state index is -0.0617. The third-order valence-corrected chi connectivity index (χ3v) is 8.90. The first-order chi connectivity index (χ1) is 18.5. The van der Waals surface area contributed by atoms with Gasteiger partial charge in [0.05, 0.1) is 11.7 Å². The molecule has 1 atom stereocenters. The Morgan fingerprint density at radius 1 is 0.974 bits per heavy atom. The predicted octanol–water partition coefficient (Wildman–Crippen LogP) is 6.21. The summed E-state index contributed by atoms with van der Waals surface area (Å²) in [7, 11) is 0. The number of benzene rings is 1. The van der Waals surface area contributed by atoms with Gasteiger partial charge in [0.15, 0.2) is 5.65 Å². The van der Waals surface area contributed by atoms with Crippen molar-refractivity contribution >= 4 is 34.8 Å². The number of nitrogens with zero attached hydrogens (tertiary/aromatic N) is 6. The first kappa shape index (κ1) is 25.5. The Morgan fingerprint density at radius 3 is 2.58 bits per heavy atom. The first-order valence-corrected chi connectivity index (χ1v) is 14.9. The molecule has 7 nitrogen and oxygen atoms in total. The molecular weight excluding hydrogens is 496 g/mol. The summed E-state index contributed by atoms with van der Waals surface area (Å²) in [5.74, 6) is 2.33. The molecule has 0 aliphatic carbocycles. The van der Waals surface area contributed by atoms with Crippen molar-refractivity contribution in [2.24, 2.45) is 0 Å². The summed E-state index contributed by atoms with van der Waals surface area (Å²) in [5.41, 5.74) is 4.89. The number of carbonyl (C=O) groups is 1. The van der Waals surface area contributed by atoms with Crippen LogP contribution in [0.25, 0.3) is 5.65 Å². The maximum atomic E-state index is 14.1. The minimum absolute atomic E-state index is 0.0617. The average Bonchev–Trinajstić information content (AvgIpc) is 3.61. The SMILES string of the molecule is CCN1CCCCCc2ccc(Cl)cc2C(=O)N2CCCCC2c2cc3nc(N4CCCC4)c(C)c1n3n2. The molecule has 2 bridgehead atoms. The van der Waals surface area contributed by atoms with Gasteiger partial charge in [-0.05, 0) is 82.9 Å². The first-order valence-electron chi connectivity index (χ1n) is 14.5. The molecule has 5 heterocycles. The highest BCUT2D eigenvalue weighted by Crippen LogP contribution is 2.36. The fraction of sp³-hybridized carbons (Fsp3) is 0.567. The summed E-state index contributed by atoms with van der Waals surface area (Å²) in [6, 6.07) is 7.92. The Hall–Kier alpha value is -2.80. The molecule has 1 amide bonds. The van der Waals surface area contributed by atoms with E-state index in [-0.39, 0.29) is 11.9 Å². The van der Waals surface area contributed by atoms with Gasteiger partial charge in [0.1, 0.15) is 11.6 Å². The Balaban J connectivity index is 1.51. The van der Waals surface area contributed by atoms with Crippen LogP contribution in [-0.4, -0.2) is 58.1 Å². The molecule has 3 aromatic rings. The second-order valence-corrected chi connectivity index (χ2v) is 11.6. The molecule has 6 rings (SSSR count). The standard InChI is InChI=1S/C30H39ClN6O/c1-3-34-15-7-4-5-11-22-13-14-23(31)19-24(22)30(38)36-18-8-6-12-26(36)25-20-27-32-28(35-16-9-10-17-35)21(2)29(34)37(27)33-25/h13-14,19-20,26H,3-12,15-18H2,1-2H3. The molecule has 0 radical (unpaired) electrons. The fourth-order valence-corrected chi connectivity index (χ4v) is 6.83. The monoisotopic (exact) mass is 534 g/mol. The highest BCUT2D eigenvalue weighted by molar-refractivity contribution is 6.31. The van der Waals surface area contributed by atoms with Crippen LogP contribution in [-0.2, 0) is 6.42 Å². The smallest absolute Gasteiger partial charge is 0.254 e. The van der Waals surface area contributed by atoms with E-state index >= 15 is 0 Å². The third kappa shape index (κ3) is 4.63. The molecule has 0 N–H and O–H groups in total. The number of halogens is 1. The predicted molar refractivity (Wildman–Crippen MR) is 154 cm³/mol. The summed E-state index contributed by atoms with van der Waals surface area (Å²) in [6.07, 6.45) is 9.59. The van der Waals surface area contributed by atoms with Crippen molar-refractivity contribution in [3.8, 4) is 0 Å². The lowest BCUT2D eigenvalue weighted by Gasteiger charge is -2.35. The number of rotatable bonds is 2. The van der Waals surface area contributed by atoms with E-state index in [0.29, 0.717) is 5.02 Å². The van der Waals surface area contributed by atoms with E-state index in [1.807, 2.05) is 17.0 Å². The largest absolute Gasteiger partial charge is 0.356 e. The van der Waals surface area contributed by atoms with Gasteiger partial charge in [0.25, 0.3) is 5.91 Å². The van der Waals surface area contributed by atoms with Gasteiger partial charge in [0, 0.05) is 54.9 Å². The van der Waals surface area contributed by atoms with E-state index in [1.165, 1.54) is 18.4 Å². The van der Waals surface area contributed by atoms with E-state index in [2.05, 4.69) is 40.3 Å². The van der Waals surface area contributed by atoms with Gasteiger partial charge in [0.2, 0.25) is 0 Å². The minimum Gasteiger partial charge on any atom is -0.356 e. The lowest BCUT2D eigenvalue weighted by atomic mass is 9.95. The molecule has 2 saturated heterocycles. The normalized spacial score (nSPS) is 21.0. The van der Waals surface area contributed by atoms with Gasteiger partial charge in [-0.25, -0.2) is 4.98 Å². The van der Waals surface area contributed by atoms with Gasteiger partial charge in [-0.15, -0.1) is 0 Å².